The minimum absolute atomic E-state index is 0.0200. The molecule has 6 nitrogen and oxygen atoms in total. The summed E-state index contributed by atoms with van der Waals surface area (Å²) in [6.07, 6.45) is -7.04. The second-order valence-corrected chi connectivity index (χ2v) is 8.05. The number of ether oxygens (including phenoxy) is 2. The molecule has 0 saturated carbocycles. The second kappa shape index (κ2) is 9.36. The van der Waals surface area contributed by atoms with Crippen molar-refractivity contribution >= 4 is 17.5 Å². The van der Waals surface area contributed by atoms with Gasteiger partial charge in [-0.2, -0.15) is 26.3 Å². The molecule has 1 fully saturated rings. The van der Waals surface area contributed by atoms with Gasteiger partial charge >= 0.3 is 12.8 Å². The molecule has 1 heterocycles. The summed E-state index contributed by atoms with van der Waals surface area (Å²) < 4.78 is 105. The van der Waals surface area contributed by atoms with Gasteiger partial charge in [-0.25, -0.2) is 4.39 Å². The highest BCUT2D eigenvalue weighted by molar-refractivity contribution is 5.98. The molecule has 0 aliphatic carbocycles. The maximum Gasteiger partial charge on any atom is 0.417 e. The van der Waals surface area contributed by atoms with E-state index in [1.54, 1.807) is 0 Å². The molecule has 0 spiro atoms. The topological polar surface area (TPSA) is 90.6 Å². The Morgan fingerprint density at radius 2 is 1.83 bits per heavy atom. The Bertz CT molecular complexity index is 1140. The Balaban J connectivity index is 2.10. The van der Waals surface area contributed by atoms with Crippen molar-refractivity contribution in [2.75, 3.05) is 5.32 Å². The molecule has 2 aromatic carbocycles. The van der Waals surface area contributed by atoms with Crippen LogP contribution < -0.4 is 15.8 Å². The Hall–Kier alpha value is -3.35. The lowest BCUT2D eigenvalue weighted by Gasteiger charge is -2.32. The van der Waals surface area contributed by atoms with Crippen molar-refractivity contribution in [1.82, 2.24) is 0 Å². The zero-order valence-electron chi connectivity index (χ0n) is 18.1. The van der Waals surface area contributed by atoms with Gasteiger partial charge in [0.2, 0.25) is 11.7 Å². The van der Waals surface area contributed by atoms with E-state index in [1.807, 2.05) is 0 Å². The summed E-state index contributed by atoms with van der Waals surface area (Å²) in [6, 6.07) is 6.41. The first-order valence-electron chi connectivity index (χ1n) is 10.1. The van der Waals surface area contributed by atoms with E-state index in [4.69, 9.17) is 10.5 Å². The average Bonchev–Trinajstić information content (AvgIpc) is 3.04. The van der Waals surface area contributed by atoms with Gasteiger partial charge < -0.3 is 20.5 Å². The Morgan fingerprint density at radius 1 is 1.17 bits per heavy atom. The fraction of sp³-hybridized carbons (Fsp3) is 0.364. The van der Waals surface area contributed by atoms with Crippen LogP contribution in [0.5, 0.6) is 5.75 Å². The van der Waals surface area contributed by atoms with Crippen LogP contribution in [0.25, 0.3) is 0 Å². The number of rotatable bonds is 6. The smallest absolute Gasteiger partial charge is 0.417 e. The van der Waals surface area contributed by atoms with E-state index in [9.17, 15) is 40.3 Å². The summed E-state index contributed by atoms with van der Waals surface area (Å²) in [5, 5.41) is 2.28. The van der Waals surface area contributed by atoms with Crippen LogP contribution in [0.2, 0.25) is 0 Å². The number of amides is 2. The molecule has 2 aromatic rings. The van der Waals surface area contributed by atoms with E-state index in [2.05, 4.69) is 10.1 Å². The molecular formula is C22H19F7N2O4. The normalized spacial score (nSPS) is 24.5. The number of hydrogen-bond acceptors (Lipinski definition) is 4. The number of nitrogens with two attached hydrogens (primary N) is 1. The number of benzene rings is 2. The number of anilines is 1. The van der Waals surface area contributed by atoms with Gasteiger partial charge in [0.25, 0.3) is 5.91 Å². The van der Waals surface area contributed by atoms with E-state index in [0.29, 0.717) is 13.0 Å². The molecule has 13 heteroatoms. The van der Waals surface area contributed by atoms with Gasteiger partial charge in [0.15, 0.2) is 17.2 Å². The molecule has 0 radical (unpaired) electrons. The number of primary amides is 1. The first-order valence-corrected chi connectivity index (χ1v) is 10.1. The van der Waals surface area contributed by atoms with E-state index < -0.39 is 71.1 Å². The monoisotopic (exact) mass is 508 g/mol. The van der Waals surface area contributed by atoms with Crippen molar-refractivity contribution in [2.24, 2.45) is 11.7 Å². The zero-order valence-corrected chi connectivity index (χ0v) is 18.1. The highest BCUT2D eigenvalue weighted by Gasteiger charge is 2.66. The fourth-order valence-corrected chi connectivity index (χ4v) is 4.01. The molecular weight excluding hydrogens is 489 g/mol. The molecule has 0 aromatic heterocycles. The van der Waals surface area contributed by atoms with Gasteiger partial charge in [-0.05, 0) is 31.2 Å². The molecule has 190 valence electrons. The van der Waals surface area contributed by atoms with E-state index >= 15 is 0 Å². The van der Waals surface area contributed by atoms with Crippen LogP contribution in [0.3, 0.4) is 0 Å². The minimum atomic E-state index is -5.03. The van der Waals surface area contributed by atoms with Crippen LogP contribution in [-0.2, 0) is 9.53 Å². The van der Waals surface area contributed by atoms with Gasteiger partial charge in [0.05, 0.1) is 0 Å². The third kappa shape index (κ3) is 4.90. The number of alkyl halides is 5. The first-order chi connectivity index (χ1) is 16.2. The van der Waals surface area contributed by atoms with Crippen molar-refractivity contribution in [1.29, 1.82) is 0 Å². The van der Waals surface area contributed by atoms with Gasteiger partial charge in [-0.1, -0.05) is 19.1 Å². The standard InChI is InChI=1S/C22H19F7N2O4/c1-9-14(12-6-7-13(23)15(24)16(12)34-20(25)26)17(35-21(9,2)22(27,28)29)19(33)31-11-5-3-4-10(8-11)18(30)32/h3-9,14,17,20H,1-2H3,(H2,30,32)(H,31,33)/t9-,14+,17+,21+/m0/s1. The van der Waals surface area contributed by atoms with Gasteiger partial charge in [-0.3, -0.25) is 9.59 Å². The number of carbonyl (C=O) groups excluding carboxylic acids is 2. The highest BCUT2D eigenvalue weighted by Crippen LogP contribution is 2.55. The average molecular weight is 508 g/mol. The number of carbonyl (C=O) groups is 2. The number of halogens is 7. The van der Waals surface area contributed by atoms with E-state index in [1.165, 1.54) is 18.2 Å². The fourth-order valence-electron chi connectivity index (χ4n) is 4.01. The lowest BCUT2D eigenvalue weighted by molar-refractivity contribution is -0.272. The molecule has 0 unspecified atom stereocenters. The summed E-state index contributed by atoms with van der Waals surface area (Å²) >= 11 is 0. The predicted molar refractivity (Wildman–Crippen MR) is 108 cm³/mol. The zero-order chi connectivity index (χ0) is 26.3. The molecule has 1 saturated heterocycles. The quantitative estimate of drug-likeness (QED) is 0.552. The molecule has 2 amide bonds. The van der Waals surface area contributed by atoms with E-state index in [-0.39, 0.29) is 11.3 Å². The highest BCUT2D eigenvalue weighted by atomic mass is 19.4. The molecule has 4 atom stereocenters. The van der Waals surface area contributed by atoms with Crippen molar-refractivity contribution < 1.29 is 49.8 Å². The van der Waals surface area contributed by atoms with Gasteiger partial charge in [-0.15, -0.1) is 0 Å². The summed E-state index contributed by atoms with van der Waals surface area (Å²) in [5.41, 5.74) is 1.54. The van der Waals surface area contributed by atoms with Crippen molar-refractivity contribution in [2.45, 2.75) is 44.3 Å². The van der Waals surface area contributed by atoms with Crippen LogP contribution >= 0.6 is 0 Å². The molecule has 3 N–H and O–H groups in total. The largest absolute Gasteiger partial charge is 0.431 e. The Labute approximate surface area is 194 Å². The van der Waals surface area contributed by atoms with E-state index in [0.717, 1.165) is 19.1 Å². The molecule has 3 rings (SSSR count). The summed E-state index contributed by atoms with van der Waals surface area (Å²) in [6.45, 7) is -1.95. The van der Waals surface area contributed by atoms with Crippen molar-refractivity contribution in [3.05, 3.63) is 59.2 Å². The maximum atomic E-state index is 14.4. The minimum Gasteiger partial charge on any atom is -0.431 e. The lowest BCUT2D eigenvalue weighted by atomic mass is 9.77. The SMILES string of the molecule is C[C@H]1[C@H](c2ccc(F)c(F)c2OC(F)F)[C@H](C(=O)Nc2cccc(C(N)=O)c2)O[C@@]1(C)C(F)(F)F. The summed E-state index contributed by atoms with van der Waals surface area (Å²) in [5.74, 6) is -10.1. The second-order valence-electron chi connectivity index (χ2n) is 8.05. The number of hydrogen-bond donors (Lipinski definition) is 2. The van der Waals surface area contributed by atoms with Crippen LogP contribution in [0, 0.1) is 17.6 Å². The number of nitrogens with one attached hydrogen (secondary N) is 1. The third-order valence-corrected chi connectivity index (χ3v) is 5.99. The van der Waals surface area contributed by atoms with Crippen LogP contribution in [0.4, 0.5) is 36.4 Å². The van der Waals surface area contributed by atoms with Crippen molar-refractivity contribution in [3.8, 4) is 5.75 Å². The van der Waals surface area contributed by atoms with Gasteiger partial charge in [0.1, 0.15) is 6.10 Å². The predicted octanol–water partition coefficient (Wildman–Crippen LogP) is 4.74. The summed E-state index contributed by atoms with van der Waals surface area (Å²) in [7, 11) is 0. The van der Waals surface area contributed by atoms with Crippen LogP contribution in [-0.4, -0.2) is 36.3 Å². The molecule has 0 bridgehead atoms. The van der Waals surface area contributed by atoms with Crippen molar-refractivity contribution in [3.63, 3.8) is 0 Å². The molecule has 35 heavy (non-hydrogen) atoms. The maximum absolute atomic E-state index is 14.4. The lowest BCUT2D eigenvalue weighted by Crippen LogP contribution is -2.47. The first kappa shape index (κ1) is 26.3. The molecule has 1 aliphatic rings. The van der Waals surface area contributed by atoms with Gasteiger partial charge in [0, 0.05) is 28.7 Å². The third-order valence-electron chi connectivity index (χ3n) is 5.99. The Kier molecular flexibility index (Phi) is 7.02. The van der Waals surface area contributed by atoms with Crippen LogP contribution in [0.1, 0.15) is 35.7 Å². The van der Waals surface area contributed by atoms with Crippen LogP contribution in [0.15, 0.2) is 36.4 Å². The Morgan fingerprint density at radius 3 is 2.40 bits per heavy atom. The molecule has 1 aliphatic heterocycles. The summed E-state index contributed by atoms with van der Waals surface area (Å²) in [4.78, 5) is 24.4.